The zero-order valence-electron chi connectivity index (χ0n) is 9.94. The Hall–Kier alpha value is -2.01. The van der Waals surface area contributed by atoms with Crippen molar-refractivity contribution >= 4 is 23.2 Å². The lowest BCUT2D eigenvalue weighted by Crippen LogP contribution is -2.15. The van der Waals surface area contributed by atoms with Crippen molar-refractivity contribution < 1.29 is 4.79 Å². The molecule has 0 atom stereocenters. The van der Waals surface area contributed by atoms with Crippen molar-refractivity contribution in [3.63, 3.8) is 0 Å². The number of nitrogens with one attached hydrogen (secondary N) is 1. The van der Waals surface area contributed by atoms with Gasteiger partial charge in [-0.25, -0.2) is 4.98 Å². The quantitative estimate of drug-likeness (QED) is 0.844. The molecule has 18 heavy (non-hydrogen) atoms. The second-order valence-corrected chi connectivity index (χ2v) is 4.20. The van der Waals surface area contributed by atoms with Crippen molar-refractivity contribution in [2.75, 3.05) is 5.32 Å². The molecule has 0 unspecified atom stereocenters. The molecule has 0 radical (unpaired) electrons. The Balaban J connectivity index is 2.21. The highest BCUT2D eigenvalue weighted by molar-refractivity contribution is 6.29. The van der Waals surface area contributed by atoms with Gasteiger partial charge in [0.15, 0.2) is 0 Å². The van der Waals surface area contributed by atoms with E-state index < -0.39 is 0 Å². The summed E-state index contributed by atoms with van der Waals surface area (Å²) in [6.45, 7) is 3.52. The second kappa shape index (κ2) is 5.10. The first-order valence-electron chi connectivity index (χ1n) is 5.30. The number of nitrogens with zero attached hydrogens (tertiary/aromatic N) is 3. The van der Waals surface area contributed by atoms with E-state index in [2.05, 4.69) is 20.5 Å². The van der Waals surface area contributed by atoms with Crippen LogP contribution in [0.3, 0.4) is 0 Å². The van der Waals surface area contributed by atoms with Crippen molar-refractivity contribution in [3.05, 3.63) is 46.5 Å². The standard InChI is InChI=1S/C12H11ClN4O/c1-7-5-10(8(2)17-16-7)12(18)15-9-3-4-11(13)14-6-9/h3-6H,1-2H3,(H,15,18). The maximum Gasteiger partial charge on any atom is 0.257 e. The first-order valence-corrected chi connectivity index (χ1v) is 5.68. The van der Waals surface area contributed by atoms with Crippen LogP contribution in [-0.2, 0) is 0 Å². The van der Waals surface area contributed by atoms with Crippen LogP contribution in [-0.4, -0.2) is 21.1 Å². The van der Waals surface area contributed by atoms with Crippen molar-refractivity contribution in [3.8, 4) is 0 Å². The van der Waals surface area contributed by atoms with Gasteiger partial charge in [-0.1, -0.05) is 11.6 Å². The van der Waals surface area contributed by atoms with Gasteiger partial charge in [-0.2, -0.15) is 10.2 Å². The van der Waals surface area contributed by atoms with E-state index in [9.17, 15) is 4.79 Å². The van der Waals surface area contributed by atoms with Gasteiger partial charge in [0, 0.05) is 0 Å². The van der Waals surface area contributed by atoms with Gasteiger partial charge < -0.3 is 5.32 Å². The van der Waals surface area contributed by atoms with E-state index in [1.165, 1.54) is 6.20 Å². The summed E-state index contributed by atoms with van der Waals surface area (Å²) in [6.07, 6.45) is 1.50. The highest BCUT2D eigenvalue weighted by Crippen LogP contribution is 2.12. The maximum atomic E-state index is 12.0. The third kappa shape index (κ3) is 2.81. The zero-order chi connectivity index (χ0) is 13.1. The largest absolute Gasteiger partial charge is 0.321 e. The predicted octanol–water partition coefficient (Wildman–Crippen LogP) is 2.39. The van der Waals surface area contributed by atoms with Crippen LogP contribution in [0.15, 0.2) is 24.4 Å². The Morgan fingerprint density at radius 1 is 1.28 bits per heavy atom. The Bertz CT molecular complexity index is 583. The first-order chi connectivity index (χ1) is 8.56. The number of carbonyl (C=O) groups is 1. The van der Waals surface area contributed by atoms with Crippen LogP contribution in [0.5, 0.6) is 0 Å². The summed E-state index contributed by atoms with van der Waals surface area (Å²) < 4.78 is 0. The molecule has 2 aromatic rings. The molecular formula is C12H11ClN4O. The van der Waals surface area contributed by atoms with Crippen LogP contribution >= 0.6 is 11.6 Å². The number of carbonyl (C=O) groups excluding carboxylic acids is 1. The lowest BCUT2D eigenvalue weighted by atomic mass is 10.2. The Morgan fingerprint density at radius 3 is 2.72 bits per heavy atom. The van der Waals surface area contributed by atoms with Gasteiger partial charge in [-0.3, -0.25) is 4.79 Å². The van der Waals surface area contributed by atoms with Crippen LogP contribution in [0.4, 0.5) is 5.69 Å². The molecule has 92 valence electrons. The van der Waals surface area contributed by atoms with Gasteiger partial charge in [0.05, 0.1) is 28.8 Å². The molecule has 0 spiro atoms. The van der Waals surface area contributed by atoms with Gasteiger partial charge in [-0.15, -0.1) is 0 Å². The third-order valence-electron chi connectivity index (χ3n) is 2.33. The van der Waals surface area contributed by atoms with Crippen molar-refractivity contribution in [2.24, 2.45) is 0 Å². The molecule has 0 saturated carbocycles. The normalized spacial score (nSPS) is 10.2. The van der Waals surface area contributed by atoms with Crippen molar-refractivity contribution in [1.29, 1.82) is 0 Å². The summed E-state index contributed by atoms with van der Waals surface area (Å²) in [5, 5.41) is 10.9. The Kier molecular flexibility index (Phi) is 3.53. The summed E-state index contributed by atoms with van der Waals surface area (Å²) in [5.74, 6) is -0.241. The second-order valence-electron chi connectivity index (χ2n) is 3.81. The third-order valence-corrected chi connectivity index (χ3v) is 2.55. The lowest BCUT2D eigenvalue weighted by molar-refractivity contribution is 0.102. The van der Waals surface area contributed by atoms with Crippen LogP contribution in [0.2, 0.25) is 5.15 Å². The minimum Gasteiger partial charge on any atom is -0.321 e. The number of aromatic nitrogens is 3. The van der Waals surface area contributed by atoms with E-state index in [0.29, 0.717) is 27.8 Å². The van der Waals surface area contributed by atoms with Crippen LogP contribution in [0.1, 0.15) is 21.7 Å². The SMILES string of the molecule is Cc1cc(C(=O)Nc2ccc(Cl)nc2)c(C)nn1. The lowest BCUT2D eigenvalue weighted by Gasteiger charge is -2.07. The Labute approximate surface area is 109 Å². The number of amides is 1. The molecule has 2 aromatic heterocycles. The zero-order valence-corrected chi connectivity index (χ0v) is 10.7. The maximum absolute atomic E-state index is 12.0. The molecule has 0 aliphatic rings. The average molecular weight is 263 g/mol. The van der Waals surface area contributed by atoms with E-state index in [0.717, 1.165) is 0 Å². The summed E-state index contributed by atoms with van der Waals surface area (Å²) in [6, 6.07) is 4.99. The molecule has 0 saturated heterocycles. The number of hydrogen-bond donors (Lipinski definition) is 1. The fourth-order valence-corrected chi connectivity index (χ4v) is 1.54. The van der Waals surface area contributed by atoms with Crippen LogP contribution in [0.25, 0.3) is 0 Å². The van der Waals surface area contributed by atoms with E-state index in [4.69, 9.17) is 11.6 Å². The fourth-order valence-electron chi connectivity index (χ4n) is 1.43. The van der Waals surface area contributed by atoms with Gasteiger partial charge in [0.1, 0.15) is 5.15 Å². The number of hydrogen-bond acceptors (Lipinski definition) is 4. The molecule has 0 aliphatic carbocycles. The number of pyridine rings is 1. The molecule has 5 nitrogen and oxygen atoms in total. The van der Waals surface area contributed by atoms with Gasteiger partial charge in [0.2, 0.25) is 0 Å². The first kappa shape index (κ1) is 12.4. The topological polar surface area (TPSA) is 67.8 Å². The molecule has 0 aliphatic heterocycles. The number of aryl methyl sites for hydroxylation is 2. The molecule has 2 rings (SSSR count). The molecule has 1 N–H and O–H groups in total. The van der Waals surface area contributed by atoms with Gasteiger partial charge >= 0.3 is 0 Å². The van der Waals surface area contributed by atoms with Gasteiger partial charge in [0.25, 0.3) is 5.91 Å². The van der Waals surface area contributed by atoms with E-state index in [-0.39, 0.29) is 5.91 Å². The molecule has 0 fully saturated rings. The molecular weight excluding hydrogens is 252 g/mol. The molecule has 6 heteroatoms. The van der Waals surface area contributed by atoms with Gasteiger partial charge in [-0.05, 0) is 32.0 Å². The van der Waals surface area contributed by atoms with Crippen molar-refractivity contribution in [2.45, 2.75) is 13.8 Å². The molecule has 0 aromatic carbocycles. The molecule has 2 heterocycles. The predicted molar refractivity (Wildman–Crippen MR) is 68.7 cm³/mol. The summed E-state index contributed by atoms with van der Waals surface area (Å²) in [7, 11) is 0. The highest BCUT2D eigenvalue weighted by Gasteiger charge is 2.11. The van der Waals surface area contributed by atoms with Crippen molar-refractivity contribution in [1.82, 2.24) is 15.2 Å². The summed E-state index contributed by atoms with van der Waals surface area (Å²) in [4.78, 5) is 15.9. The fraction of sp³-hybridized carbons (Fsp3) is 0.167. The number of halogens is 1. The number of anilines is 1. The highest BCUT2D eigenvalue weighted by atomic mass is 35.5. The monoisotopic (exact) mass is 262 g/mol. The van der Waals surface area contributed by atoms with E-state index in [1.807, 2.05) is 0 Å². The van der Waals surface area contributed by atoms with E-state index >= 15 is 0 Å². The summed E-state index contributed by atoms with van der Waals surface area (Å²) in [5.41, 5.74) is 2.36. The average Bonchev–Trinajstić information content (AvgIpc) is 2.35. The van der Waals surface area contributed by atoms with Crippen LogP contribution in [0, 0.1) is 13.8 Å². The minimum atomic E-state index is -0.241. The number of rotatable bonds is 2. The summed E-state index contributed by atoms with van der Waals surface area (Å²) >= 11 is 5.67. The molecule has 0 bridgehead atoms. The van der Waals surface area contributed by atoms with Crippen LogP contribution < -0.4 is 5.32 Å². The Morgan fingerprint density at radius 2 is 2.06 bits per heavy atom. The van der Waals surface area contributed by atoms with E-state index in [1.54, 1.807) is 32.0 Å². The minimum absolute atomic E-state index is 0.241. The molecule has 1 amide bonds. The smallest absolute Gasteiger partial charge is 0.257 e.